The number of rotatable bonds is 4. The molecule has 1 atom stereocenters. The van der Waals surface area contributed by atoms with Crippen LogP contribution in [0, 0.1) is 5.92 Å². The van der Waals surface area contributed by atoms with Crippen LogP contribution in [0.3, 0.4) is 0 Å². The molecule has 0 saturated heterocycles. The number of ether oxygens (including phenoxy) is 1. The maximum absolute atomic E-state index is 11.6. The fourth-order valence-electron chi connectivity index (χ4n) is 1.13. The van der Waals surface area contributed by atoms with E-state index in [1.165, 1.54) is 13.3 Å². The Hall–Kier alpha value is -1.91. The van der Waals surface area contributed by atoms with Crippen molar-refractivity contribution in [1.82, 2.24) is 10.3 Å². The zero-order chi connectivity index (χ0) is 12.0. The molecule has 1 rings (SSSR count). The molecule has 0 saturated carbocycles. The third-order valence-electron chi connectivity index (χ3n) is 2.10. The van der Waals surface area contributed by atoms with Gasteiger partial charge in [-0.05, 0) is 12.1 Å². The molecule has 5 nitrogen and oxygen atoms in total. The minimum atomic E-state index is -0.356. The van der Waals surface area contributed by atoms with Gasteiger partial charge in [-0.15, -0.1) is 0 Å². The molecule has 16 heavy (non-hydrogen) atoms. The van der Waals surface area contributed by atoms with Gasteiger partial charge in [0.25, 0.3) is 5.91 Å². The average Bonchev–Trinajstić information content (AvgIpc) is 2.35. The van der Waals surface area contributed by atoms with Crippen LogP contribution in [0.25, 0.3) is 0 Å². The molecule has 0 aromatic carbocycles. The molecule has 0 radical (unpaired) electrons. The highest BCUT2D eigenvalue weighted by atomic mass is 16.5. The monoisotopic (exact) mass is 222 g/mol. The highest BCUT2D eigenvalue weighted by Crippen LogP contribution is 1.98. The van der Waals surface area contributed by atoms with Gasteiger partial charge in [-0.1, -0.05) is 6.92 Å². The number of aromatic nitrogens is 1. The summed E-state index contributed by atoms with van der Waals surface area (Å²) >= 11 is 0. The van der Waals surface area contributed by atoms with Crippen LogP contribution in [0.5, 0.6) is 0 Å². The number of carbonyl (C=O) groups is 2. The summed E-state index contributed by atoms with van der Waals surface area (Å²) in [5, 5.41) is 2.63. The number of nitrogens with zero attached hydrogens (tertiary/aromatic N) is 1. The van der Waals surface area contributed by atoms with Crippen molar-refractivity contribution < 1.29 is 14.3 Å². The molecular weight excluding hydrogens is 208 g/mol. The molecule has 1 aromatic heterocycles. The third-order valence-corrected chi connectivity index (χ3v) is 2.10. The number of esters is 1. The van der Waals surface area contributed by atoms with Gasteiger partial charge in [0.05, 0.1) is 18.6 Å². The Morgan fingerprint density at radius 1 is 1.56 bits per heavy atom. The van der Waals surface area contributed by atoms with Crippen LogP contribution in [0.4, 0.5) is 0 Å². The first-order valence-corrected chi connectivity index (χ1v) is 4.91. The molecule has 1 aromatic rings. The summed E-state index contributed by atoms with van der Waals surface area (Å²) in [6.07, 6.45) is 3.06. The van der Waals surface area contributed by atoms with Gasteiger partial charge < -0.3 is 10.1 Å². The number of hydrogen-bond acceptors (Lipinski definition) is 4. The summed E-state index contributed by atoms with van der Waals surface area (Å²) < 4.78 is 4.55. The minimum absolute atomic E-state index is 0.246. The highest BCUT2D eigenvalue weighted by Gasteiger charge is 2.14. The van der Waals surface area contributed by atoms with Crippen LogP contribution >= 0.6 is 0 Å². The fraction of sp³-hybridized carbons (Fsp3) is 0.364. The quantitative estimate of drug-likeness (QED) is 0.758. The Morgan fingerprint density at radius 3 is 2.88 bits per heavy atom. The summed E-state index contributed by atoms with van der Waals surface area (Å²) in [6.45, 7) is 1.94. The van der Waals surface area contributed by atoms with Gasteiger partial charge in [-0.25, -0.2) is 0 Å². The molecule has 1 unspecified atom stereocenters. The molecule has 86 valence electrons. The van der Waals surface area contributed by atoms with E-state index in [-0.39, 0.29) is 24.3 Å². The van der Waals surface area contributed by atoms with Gasteiger partial charge in [-0.3, -0.25) is 14.6 Å². The zero-order valence-corrected chi connectivity index (χ0v) is 9.27. The first-order chi connectivity index (χ1) is 7.65. The van der Waals surface area contributed by atoms with Crippen LogP contribution in [0.2, 0.25) is 0 Å². The van der Waals surface area contributed by atoms with Crippen LogP contribution in [0.1, 0.15) is 17.3 Å². The number of amides is 1. The second-order valence-corrected chi connectivity index (χ2v) is 3.38. The largest absolute Gasteiger partial charge is 0.469 e. The van der Waals surface area contributed by atoms with Crippen molar-refractivity contribution in [3.8, 4) is 0 Å². The Labute approximate surface area is 93.8 Å². The molecule has 0 aliphatic heterocycles. The number of methoxy groups -OCH3 is 1. The van der Waals surface area contributed by atoms with Crippen molar-refractivity contribution >= 4 is 11.9 Å². The van der Waals surface area contributed by atoms with E-state index in [0.29, 0.717) is 5.56 Å². The number of nitrogens with one attached hydrogen (secondary N) is 1. The van der Waals surface area contributed by atoms with Gasteiger partial charge >= 0.3 is 5.97 Å². The van der Waals surface area contributed by atoms with E-state index < -0.39 is 0 Å². The summed E-state index contributed by atoms with van der Waals surface area (Å²) in [4.78, 5) is 26.5. The van der Waals surface area contributed by atoms with Crippen molar-refractivity contribution in [3.05, 3.63) is 30.1 Å². The number of pyridine rings is 1. The lowest BCUT2D eigenvalue weighted by Gasteiger charge is -2.10. The molecule has 1 N–H and O–H groups in total. The van der Waals surface area contributed by atoms with Gasteiger partial charge in [0, 0.05) is 18.9 Å². The van der Waals surface area contributed by atoms with E-state index in [9.17, 15) is 9.59 Å². The normalized spacial score (nSPS) is 11.6. The Kier molecular flexibility index (Phi) is 4.44. The van der Waals surface area contributed by atoms with Gasteiger partial charge in [0.1, 0.15) is 0 Å². The van der Waals surface area contributed by atoms with Crippen LogP contribution in [-0.4, -0.2) is 30.5 Å². The van der Waals surface area contributed by atoms with Crippen molar-refractivity contribution in [2.45, 2.75) is 6.92 Å². The lowest BCUT2D eigenvalue weighted by atomic mass is 10.2. The summed E-state index contributed by atoms with van der Waals surface area (Å²) in [5.74, 6) is -0.944. The molecule has 0 spiro atoms. The predicted molar refractivity (Wildman–Crippen MR) is 57.8 cm³/mol. The number of hydrogen-bond donors (Lipinski definition) is 1. The second kappa shape index (κ2) is 5.85. The Morgan fingerprint density at radius 2 is 2.31 bits per heavy atom. The van der Waals surface area contributed by atoms with Gasteiger partial charge in [0.15, 0.2) is 0 Å². The fourth-order valence-corrected chi connectivity index (χ4v) is 1.13. The van der Waals surface area contributed by atoms with E-state index in [2.05, 4.69) is 15.0 Å². The topological polar surface area (TPSA) is 68.3 Å². The van der Waals surface area contributed by atoms with E-state index >= 15 is 0 Å². The standard InChI is InChI=1S/C11H14N2O3/c1-8(11(15)16-2)6-13-10(14)9-4-3-5-12-7-9/h3-5,7-8H,6H2,1-2H3,(H,13,14). The van der Waals surface area contributed by atoms with Gasteiger partial charge in [0.2, 0.25) is 0 Å². The summed E-state index contributed by atoms with van der Waals surface area (Å²) in [6, 6.07) is 3.34. The van der Waals surface area contributed by atoms with Crippen LogP contribution in [0.15, 0.2) is 24.5 Å². The molecule has 0 fully saturated rings. The van der Waals surface area contributed by atoms with Crippen molar-refractivity contribution in [2.75, 3.05) is 13.7 Å². The third kappa shape index (κ3) is 3.34. The molecule has 0 bridgehead atoms. The molecule has 1 heterocycles. The lowest BCUT2D eigenvalue weighted by Crippen LogP contribution is -2.32. The van der Waals surface area contributed by atoms with Crippen LogP contribution < -0.4 is 5.32 Å². The molecular formula is C11H14N2O3. The SMILES string of the molecule is COC(=O)C(C)CNC(=O)c1cccnc1. The van der Waals surface area contributed by atoms with Crippen molar-refractivity contribution in [2.24, 2.45) is 5.92 Å². The Bertz CT molecular complexity index is 365. The Balaban J connectivity index is 2.45. The average molecular weight is 222 g/mol. The molecule has 0 aliphatic carbocycles. The summed E-state index contributed by atoms with van der Waals surface area (Å²) in [7, 11) is 1.32. The first kappa shape index (κ1) is 12.2. The smallest absolute Gasteiger partial charge is 0.310 e. The highest BCUT2D eigenvalue weighted by molar-refractivity contribution is 5.94. The first-order valence-electron chi connectivity index (χ1n) is 4.91. The number of carbonyl (C=O) groups excluding carboxylic acids is 2. The van der Waals surface area contributed by atoms with Gasteiger partial charge in [-0.2, -0.15) is 0 Å². The second-order valence-electron chi connectivity index (χ2n) is 3.38. The maximum Gasteiger partial charge on any atom is 0.310 e. The molecule has 0 aliphatic rings. The van der Waals surface area contributed by atoms with E-state index in [1.807, 2.05) is 0 Å². The molecule has 5 heteroatoms. The van der Waals surface area contributed by atoms with E-state index in [0.717, 1.165) is 0 Å². The predicted octanol–water partition coefficient (Wildman–Crippen LogP) is 0.620. The zero-order valence-electron chi connectivity index (χ0n) is 9.27. The molecule has 1 amide bonds. The maximum atomic E-state index is 11.6. The van der Waals surface area contributed by atoms with Crippen molar-refractivity contribution in [1.29, 1.82) is 0 Å². The minimum Gasteiger partial charge on any atom is -0.469 e. The van der Waals surface area contributed by atoms with E-state index in [1.54, 1.807) is 25.3 Å². The van der Waals surface area contributed by atoms with E-state index in [4.69, 9.17) is 0 Å². The summed E-state index contributed by atoms with van der Waals surface area (Å²) in [5.41, 5.74) is 0.472. The van der Waals surface area contributed by atoms with Crippen molar-refractivity contribution in [3.63, 3.8) is 0 Å². The van der Waals surface area contributed by atoms with Crippen LogP contribution in [-0.2, 0) is 9.53 Å². The lowest BCUT2D eigenvalue weighted by molar-refractivity contribution is -0.144.